The van der Waals surface area contributed by atoms with Gasteiger partial charge in [0.15, 0.2) is 0 Å². The molecule has 42 heavy (non-hydrogen) atoms. The van der Waals surface area contributed by atoms with E-state index < -0.39 is 27.9 Å². The molecule has 0 spiro atoms. The van der Waals surface area contributed by atoms with Crippen LogP contribution in [0.4, 0.5) is 15.8 Å². The fraction of sp³-hybridized carbons (Fsp3) is 0.188. The monoisotopic (exact) mass is 587 g/mol. The molecule has 0 bridgehead atoms. The van der Waals surface area contributed by atoms with Gasteiger partial charge in [-0.3, -0.25) is 13.9 Å². The van der Waals surface area contributed by atoms with Gasteiger partial charge in [-0.2, -0.15) is 0 Å². The number of aryl methyl sites for hydroxylation is 1. The summed E-state index contributed by atoms with van der Waals surface area (Å²) in [6.45, 7) is 2.14. The van der Waals surface area contributed by atoms with Gasteiger partial charge in [0.25, 0.3) is 10.0 Å². The van der Waals surface area contributed by atoms with Gasteiger partial charge in [0.2, 0.25) is 5.91 Å². The molecule has 1 amide bonds. The van der Waals surface area contributed by atoms with E-state index in [1.807, 2.05) is 24.3 Å². The zero-order chi connectivity index (χ0) is 29.9. The molecule has 10 heteroatoms. The van der Waals surface area contributed by atoms with Crippen LogP contribution in [0.5, 0.6) is 0 Å². The predicted molar refractivity (Wildman–Crippen MR) is 159 cm³/mol. The Labute approximate surface area is 243 Å². The number of carboxylic acid groups (broad SMARTS) is 1. The molecule has 1 aliphatic rings. The molecule has 0 aliphatic carbocycles. The summed E-state index contributed by atoms with van der Waals surface area (Å²) in [5, 5.41) is 14.9. The molecule has 0 unspecified atom stereocenters. The van der Waals surface area contributed by atoms with Crippen LogP contribution in [0.1, 0.15) is 23.1 Å². The Morgan fingerprint density at radius 2 is 1.69 bits per heavy atom. The van der Waals surface area contributed by atoms with Crippen molar-refractivity contribution in [3.05, 3.63) is 114 Å². The van der Waals surface area contributed by atoms with E-state index in [1.165, 1.54) is 28.6 Å². The van der Waals surface area contributed by atoms with Gasteiger partial charge in [-0.25, -0.2) is 12.8 Å². The van der Waals surface area contributed by atoms with E-state index in [-0.39, 0.29) is 36.6 Å². The Balaban J connectivity index is 1.38. The standard InChI is InChI=1S/C32H30FN3O5S/c1-21-18-25(33)12-15-27(21)22-10-13-26(14-11-22)42(40,41)36-29-9-5-3-6-23(29)19-30(36)32(39)35-20-24-7-2-4-8-28(24)34-17-16-31(37)38/h2-15,18,30,34H,16-17,19-20H2,1H3,(H,35,39)(H,37,38)/t30-/m0/s1. The second-order valence-electron chi connectivity index (χ2n) is 10.1. The lowest BCUT2D eigenvalue weighted by Gasteiger charge is -2.26. The Kier molecular flexibility index (Phi) is 8.26. The highest BCUT2D eigenvalue weighted by atomic mass is 32.2. The highest BCUT2D eigenvalue weighted by Gasteiger charge is 2.42. The largest absolute Gasteiger partial charge is 0.481 e. The highest BCUT2D eigenvalue weighted by Crippen LogP contribution is 2.37. The SMILES string of the molecule is Cc1cc(F)ccc1-c1ccc(S(=O)(=O)N2c3ccccc3C[C@H]2C(=O)NCc2ccccc2NCCC(=O)O)cc1. The number of carbonyl (C=O) groups excluding carboxylic acids is 1. The quantitative estimate of drug-likeness (QED) is 0.237. The molecule has 216 valence electrons. The lowest BCUT2D eigenvalue weighted by Crippen LogP contribution is -2.47. The van der Waals surface area contributed by atoms with E-state index in [1.54, 1.807) is 49.4 Å². The number of aliphatic carboxylic acids is 1. The third-order valence-corrected chi connectivity index (χ3v) is 9.10. The van der Waals surface area contributed by atoms with Crippen molar-refractivity contribution in [2.45, 2.75) is 37.2 Å². The number of amides is 1. The Morgan fingerprint density at radius 3 is 2.43 bits per heavy atom. The zero-order valence-electron chi connectivity index (χ0n) is 22.9. The summed E-state index contributed by atoms with van der Waals surface area (Å²) in [5.41, 5.74) is 4.90. The van der Waals surface area contributed by atoms with Crippen LogP contribution >= 0.6 is 0 Å². The molecule has 5 rings (SSSR count). The molecular weight excluding hydrogens is 557 g/mol. The lowest BCUT2D eigenvalue weighted by atomic mass is 10.0. The van der Waals surface area contributed by atoms with Crippen molar-refractivity contribution in [1.82, 2.24) is 5.32 Å². The number of anilines is 2. The van der Waals surface area contributed by atoms with E-state index in [0.29, 0.717) is 11.4 Å². The maximum atomic E-state index is 14.0. The molecule has 8 nitrogen and oxygen atoms in total. The first-order valence-corrected chi connectivity index (χ1v) is 14.9. The average molecular weight is 588 g/mol. The average Bonchev–Trinajstić information content (AvgIpc) is 3.37. The second-order valence-corrected chi connectivity index (χ2v) is 11.9. The molecule has 0 radical (unpaired) electrons. The van der Waals surface area contributed by atoms with Gasteiger partial charge in [0, 0.05) is 25.2 Å². The Morgan fingerprint density at radius 1 is 0.976 bits per heavy atom. The summed E-state index contributed by atoms with van der Waals surface area (Å²) in [4.78, 5) is 24.5. The molecule has 1 aliphatic heterocycles. The van der Waals surface area contributed by atoms with E-state index in [9.17, 15) is 22.4 Å². The number of rotatable bonds is 10. The van der Waals surface area contributed by atoms with Gasteiger partial charge < -0.3 is 15.7 Å². The molecule has 0 saturated heterocycles. The second kappa shape index (κ2) is 12.0. The van der Waals surface area contributed by atoms with E-state index in [4.69, 9.17) is 5.11 Å². The summed E-state index contributed by atoms with van der Waals surface area (Å²) in [6, 6.07) is 24.1. The maximum absolute atomic E-state index is 14.0. The van der Waals surface area contributed by atoms with Gasteiger partial charge >= 0.3 is 5.97 Å². The molecule has 0 aromatic heterocycles. The van der Waals surface area contributed by atoms with Crippen LogP contribution in [0.2, 0.25) is 0 Å². The first-order valence-electron chi connectivity index (χ1n) is 13.5. The smallest absolute Gasteiger partial charge is 0.305 e. The fourth-order valence-electron chi connectivity index (χ4n) is 5.18. The van der Waals surface area contributed by atoms with Crippen molar-refractivity contribution in [3.8, 4) is 11.1 Å². The summed E-state index contributed by atoms with van der Waals surface area (Å²) < 4.78 is 42.8. The number of nitrogens with zero attached hydrogens (tertiary/aromatic N) is 1. The van der Waals surface area contributed by atoms with E-state index in [0.717, 1.165) is 27.8 Å². The third kappa shape index (κ3) is 5.99. The first-order chi connectivity index (χ1) is 20.1. The number of carboxylic acids is 1. The summed E-state index contributed by atoms with van der Waals surface area (Å²) >= 11 is 0. The summed E-state index contributed by atoms with van der Waals surface area (Å²) in [6.07, 6.45) is 0.158. The number of para-hydroxylation sites is 2. The van der Waals surface area contributed by atoms with Crippen LogP contribution in [0.25, 0.3) is 11.1 Å². The molecular formula is C32H30FN3O5S. The van der Waals surface area contributed by atoms with Crippen molar-refractivity contribution >= 4 is 33.3 Å². The minimum absolute atomic E-state index is 0.0356. The normalized spacial score (nSPS) is 14.3. The predicted octanol–water partition coefficient (Wildman–Crippen LogP) is 5.12. The van der Waals surface area contributed by atoms with Gasteiger partial charge in [0.05, 0.1) is 17.0 Å². The number of hydrogen-bond donors (Lipinski definition) is 3. The number of halogens is 1. The van der Waals surface area contributed by atoms with Crippen LogP contribution in [0.15, 0.2) is 95.9 Å². The first kappa shape index (κ1) is 28.8. The van der Waals surface area contributed by atoms with Gasteiger partial charge in [-0.1, -0.05) is 54.6 Å². The van der Waals surface area contributed by atoms with Crippen LogP contribution in [0.3, 0.4) is 0 Å². The van der Waals surface area contributed by atoms with Crippen LogP contribution < -0.4 is 14.9 Å². The van der Waals surface area contributed by atoms with Crippen molar-refractivity contribution in [3.63, 3.8) is 0 Å². The molecule has 0 saturated carbocycles. The van der Waals surface area contributed by atoms with E-state index >= 15 is 0 Å². The highest BCUT2D eigenvalue weighted by molar-refractivity contribution is 7.93. The topological polar surface area (TPSA) is 116 Å². The van der Waals surface area contributed by atoms with Crippen molar-refractivity contribution < 1.29 is 27.5 Å². The van der Waals surface area contributed by atoms with E-state index in [2.05, 4.69) is 10.6 Å². The number of hydrogen-bond acceptors (Lipinski definition) is 5. The minimum Gasteiger partial charge on any atom is -0.481 e. The van der Waals surface area contributed by atoms with Gasteiger partial charge in [-0.15, -0.1) is 0 Å². The number of benzene rings is 4. The van der Waals surface area contributed by atoms with Crippen LogP contribution in [-0.2, 0) is 32.6 Å². The third-order valence-electron chi connectivity index (χ3n) is 7.26. The molecule has 1 heterocycles. The molecule has 4 aromatic carbocycles. The molecule has 3 N–H and O–H groups in total. The maximum Gasteiger partial charge on any atom is 0.305 e. The van der Waals surface area contributed by atoms with Crippen LogP contribution in [-0.4, -0.2) is 38.0 Å². The summed E-state index contributed by atoms with van der Waals surface area (Å²) in [7, 11) is -4.13. The molecule has 1 atom stereocenters. The summed E-state index contributed by atoms with van der Waals surface area (Å²) in [5.74, 6) is -1.71. The molecule has 4 aromatic rings. The van der Waals surface area contributed by atoms with Crippen molar-refractivity contribution in [2.24, 2.45) is 0 Å². The number of fused-ring (bicyclic) bond motifs is 1. The lowest BCUT2D eigenvalue weighted by molar-refractivity contribution is -0.136. The Hall–Kier alpha value is -4.70. The Bertz CT molecular complexity index is 1740. The van der Waals surface area contributed by atoms with Gasteiger partial charge in [0.1, 0.15) is 11.9 Å². The van der Waals surface area contributed by atoms with Crippen LogP contribution in [0, 0.1) is 12.7 Å². The number of nitrogens with one attached hydrogen (secondary N) is 2. The fourth-order valence-corrected chi connectivity index (χ4v) is 6.83. The molecule has 0 fully saturated rings. The van der Waals surface area contributed by atoms with Crippen molar-refractivity contribution in [2.75, 3.05) is 16.2 Å². The number of carbonyl (C=O) groups is 2. The zero-order valence-corrected chi connectivity index (χ0v) is 23.7. The van der Waals surface area contributed by atoms with Crippen molar-refractivity contribution in [1.29, 1.82) is 0 Å². The van der Waals surface area contributed by atoms with Gasteiger partial charge in [-0.05, 0) is 71.1 Å². The number of sulfonamides is 1. The minimum atomic E-state index is -4.13.